The zero-order valence-electron chi connectivity index (χ0n) is 26.0. The van der Waals surface area contributed by atoms with Gasteiger partial charge in [-0.15, -0.1) is 11.3 Å². The van der Waals surface area contributed by atoms with Crippen molar-refractivity contribution in [1.82, 2.24) is 29.3 Å². The van der Waals surface area contributed by atoms with Crippen LogP contribution in [0, 0.1) is 12.8 Å². The lowest BCUT2D eigenvalue weighted by atomic mass is 9.79. The molecule has 2 saturated heterocycles. The van der Waals surface area contributed by atoms with Gasteiger partial charge in [0.2, 0.25) is 5.91 Å². The minimum atomic E-state index is -1.09. The Hall–Kier alpha value is -4.25. The Morgan fingerprint density at radius 3 is 2.48 bits per heavy atom. The van der Waals surface area contributed by atoms with Crippen LogP contribution in [0.25, 0.3) is 21.3 Å². The molecular formula is C36H38N6O3S. The van der Waals surface area contributed by atoms with Gasteiger partial charge < -0.3 is 10.0 Å². The first-order valence-corrected chi connectivity index (χ1v) is 16.8. The molecule has 2 aliphatic rings. The Kier molecular flexibility index (Phi) is 8.50. The number of carbonyl (C=O) groups excluding carboxylic acids is 1. The van der Waals surface area contributed by atoms with Crippen LogP contribution in [0.1, 0.15) is 42.3 Å². The van der Waals surface area contributed by atoms with Gasteiger partial charge in [0.1, 0.15) is 5.82 Å². The van der Waals surface area contributed by atoms with Crippen molar-refractivity contribution in [3.05, 3.63) is 112 Å². The van der Waals surface area contributed by atoms with Gasteiger partial charge in [-0.25, -0.2) is 15.0 Å². The molecule has 5 aromatic rings. The van der Waals surface area contributed by atoms with E-state index in [1.807, 2.05) is 71.8 Å². The zero-order valence-corrected chi connectivity index (χ0v) is 26.8. The smallest absolute Gasteiger partial charge is 0.262 e. The number of carbonyl (C=O) groups is 1. The fourth-order valence-corrected chi connectivity index (χ4v) is 8.04. The highest BCUT2D eigenvalue weighted by Gasteiger charge is 2.41. The van der Waals surface area contributed by atoms with Crippen molar-refractivity contribution in [3.63, 3.8) is 0 Å². The number of hydrogen-bond donors (Lipinski definition) is 1. The largest absolute Gasteiger partial charge is 0.388 e. The maximum Gasteiger partial charge on any atom is 0.262 e. The van der Waals surface area contributed by atoms with Crippen molar-refractivity contribution in [2.75, 3.05) is 26.2 Å². The van der Waals surface area contributed by atoms with Gasteiger partial charge in [-0.05, 0) is 49.9 Å². The number of rotatable bonds is 7. The second kappa shape index (κ2) is 12.9. The number of likely N-dealkylation sites (tertiary alicyclic amines) is 2. The van der Waals surface area contributed by atoms with Gasteiger partial charge in [-0.3, -0.25) is 19.1 Å². The van der Waals surface area contributed by atoms with E-state index in [1.165, 1.54) is 21.5 Å². The molecule has 1 amide bonds. The number of aliphatic hydroxyl groups is 1. The lowest BCUT2D eigenvalue weighted by Crippen LogP contribution is -2.53. The maximum absolute atomic E-state index is 14.1. The summed E-state index contributed by atoms with van der Waals surface area (Å²) in [4.78, 5) is 46.3. The first-order chi connectivity index (χ1) is 22.4. The first kappa shape index (κ1) is 30.4. The molecule has 0 aliphatic carbocycles. The predicted octanol–water partition coefficient (Wildman–Crippen LogP) is 4.88. The molecule has 0 unspecified atom stereocenters. The number of aromatic nitrogens is 4. The second-order valence-electron chi connectivity index (χ2n) is 12.7. The molecule has 2 fully saturated rings. The molecule has 7 rings (SSSR count). The quantitative estimate of drug-likeness (QED) is 0.272. The highest BCUT2D eigenvalue weighted by molar-refractivity contribution is 7.15. The van der Waals surface area contributed by atoms with E-state index in [4.69, 9.17) is 0 Å². The fraction of sp³-hybridized carbons (Fsp3) is 0.361. The van der Waals surface area contributed by atoms with Crippen LogP contribution in [0.5, 0.6) is 0 Å². The van der Waals surface area contributed by atoms with Crippen molar-refractivity contribution in [2.45, 2.75) is 50.8 Å². The number of nitrogens with zero attached hydrogens (tertiary/aromatic N) is 6. The molecule has 0 saturated carbocycles. The Bertz CT molecular complexity index is 1880. The van der Waals surface area contributed by atoms with Gasteiger partial charge in [0.05, 0.1) is 39.9 Å². The summed E-state index contributed by atoms with van der Waals surface area (Å²) in [5, 5.41) is 14.0. The maximum atomic E-state index is 14.1. The van der Waals surface area contributed by atoms with Crippen LogP contribution >= 0.6 is 11.3 Å². The predicted molar refractivity (Wildman–Crippen MR) is 179 cm³/mol. The Labute approximate surface area is 272 Å². The number of piperidine rings is 2. The highest BCUT2D eigenvalue weighted by Crippen LogP contribution is 2.36. The first-order valence-electron chi connectivity index (χ1n) is 16.0. The van der Waals surface area contributed by atoms with Crippen molar-refractivity contribution in [2.24, 2.45) is 5.92 Å². The summed E-state index contributed by atoms with van der Waals surface area (Å²) in [7, 11) is 0. The van der Waals surface area contributed by atoms with Crippen LogP contribution in [0.3, 0.4) is 0 Å². The minimum Gasteiger partial charge on any atom is -0.388 e. The standard InChI is InChI=1S/C36H38N6O3S/c1-25-37-16-12-28(39-25)20-40-17-13-29(30(21-40)26-8-4-2-5-9-26)34(43)41-18-14-36(45,15-19-41)23-42-24-38-32-31(35(42)44)22-46-33(32)27-10-6-3-7-11-27/h2-12,16,22,24,29-30,45H,13-15,17-21,23H2,1H3/t29-,30+/m1/s1. The molecule has 2 aliphatic heterocycles. The summed E-state index contributed by atoms with van der Waals surface area (Å²) in [6.07, 6.45) is 4.93. The van der Waals surface area contributed by atoms with Gasteiger partial charge in [0.25, 0.3) is 5.56 Å². The molecule has 46 heavy (non-hydrogen) atoms. The number of hydrogen-bond acceptors (Lipinski definition) is 8. The van der Waals surface area contributed by atoms with Gasteiger partial charge in [0, 0.05) is 49.6 Å². The van der Waals surface area contributed by atoms with E-state index in [-0.39, 0.29) is 29.8 Å². The third-order valence-electron chi connectivity index (χ3n) is 9.55. The number of amides is 1. The number of aryl methyl sites for hydroxylation is 1. The van der Waals surface area contributed by atoms with Crippen LogP contribution in [-0.2, 0) is 17.9 Å². The summed E-state index contributed by atoms with van der Waals surface area (Å²) in [6, 6.07) is 22.2. The van der Waals surface area contributed by atoms with E-state index in [0.29, 0.717) is 36.8 Å². The van der Waals surface area contributed by atoms with Crippen molar-refractivity contribution >= 4 is 28.1 Å². The summed E-state index contributed by atoms with van der Waals surface area (Å²) < 4.78 is 1.53. The summed E-state index contributed by atoms with van der Waals surface area (Å²) >= 11 is 1.51. The summed E-state index contributed by atoms with van der Waals surface area (Å²) in [5.41, 5.74) is 2.64. The van der Waals surface area contributed by atoms with E-state index >= 15 is 0 Å². The van der Waals surface area contributed by atoms with Crippen LogP contribution in [-0.4, -0.2) is 72.1 Å². The van der Waals surface area contributed by atoms with E-state index < -0.39 is 5.60 Å². The van der Waals surface area contributed by atoms with Crippen LogP contribution < -0.4 is 5.56 Å². The number of fused-ring (bicyclic) bond motifs is 1. The topological polar surface area (TPSA) is 104 Å². The van der Waals surface area contributed by atoms with Crippen molar-refractivity contribution in [1.29, 1.82) is 0 Å². The van der Waals surface area contributed by atoms with Gasteiger partial charge in [-0.2, -0.15) is 0 Å². The molecule has 10 heteroatoms. The second-order valence-corrected chi connectivity index (χ2v) is 13.5. The van der Waals surface area contributed by atoms with E-state index in [9.17, 15) is 14.7 Å². The van der Waals surface area contributed by atoms with Gasteiger partial charge in [-0.1, -0.05) is 60.7 Å². The summed E-state index contributed by atoms with van der Waals surface area (Å²) in [6.45, 7) is 5.28. The summed E-state index contributed by atoms with van der Waals surface area (Å²) in [5.74, 6) is 0.843. The van der Waals surface area contributed by atoms with Gasteiger partial charge in [0.15, 0.2) is 0 Å². The molecule has 3 aromatic heterocycles. The number of benzene rings is 2. The lowest BCUT2D eigenvalue weighted by molar-refractivity contribution is -0.142. The van der Waals surface area contributed by atoms with E-state index in [2.05, 4.69) is 32.0 Å². The molecule has 0 spiro atoms. The molecule has 9 nitrogen and oxygen atoms in total. The molecular weight excluding hydrogens is 597 g/mol. The van der Waals surface area contributed by atoms with E-state index in [1.54, 1.807) is 12.5 Å². The molecule has 2 atom stereocenters. The Morgan fingerprint density at radius 1 is 1.00 bits per heavy atom. The average Bonchev–Trinajstić information content (AvgIpc) is 3.52. The van der Waals surface area contributed by atoms with Crippen LogP contribution in [0.4, 0.5) is 0 Å². The monoisotopic (exact) mass is 634 g/mol. The van der Waals surface area contributed by atoms with Crippen molar-refractivity contribution < 1.29 is 9.90 Å². The lowest BCUT2D eigenvalue weighted by Gasteiger charge is -2.43. The Morgan fingerprint density at radius 2 is 1.74 bits per heavy atom. The van der Waals surface area contributed by atoms with Crippen LogP contribution in [0.2, 0.25) is 0 Å². The third kappa shape index (κ3) is 6.25. The highest BCUT2D eigenvalue weighted by atomic mass is 32.1. The van der Waals surface area contributed by atoms with E-state index in [0.717, 1.165) is 48.0 Å². The number of thiophene rings is 1. The van der Waals surface area contributed by atoms with Gasteiger partial charge >= 0.3 is 0 Å². The minimum absolute atomic E-state index is 0.0639. The third-order valence-corrected chi connectivity index (χ3v) is 10.6. The SMILES string of the molecule is Cc1nccc(CN2CC[C@@H](C(=O)N3CCC(O)(Cn4cnc5c(-c6ccccc6)scc5c4=O)CC3)[C@H](c3ccccc3)C2)n1. The molecule has 236 valence electrons. The normalized spacial score (nSPS) is 20.2. The average molecular weight is 635 g/mol. The molecule has 5 heterocycles. The molecule has 1 N–H and O–H groups in total. The fourth-order valence-electron chi connectivity index (χ4n) is 7.05. The van der Waals surface area contributed by atoms with Crippen molar-refractivity contribution in [3.8, 4) is 10.4 Å². The molecule has 0 radical (unpaired) electrons. The molecule has 0 bridgehead atoms. The Balaban J connectivity index is 1.03. The van der Waals surface area contributed by atoms with Crippen LogP contribution in [0.15, 0.2) is 89.4 Å². The zero-order chi connectivity index (χ0) is 31.7. The molecule has 2 aromatic carbocycles.